The van der Waals surface area contributed by atoms with Crippen LogP contribution in [0, 0.1) is 0 Å². The molecule has 35 heavy (non-hydrogen) atoms. The van der Waals surface area contributed by atoms with E-state index in [1.54, 1.807) is 19.5 Å². The van der Waals surface area contributed by atoms with E-state index in [2.05, 4.69) is 25.2 Å². The summed E-state index contributed by atoms with van der Waals surface area (Å²) >= 11 is 6.43. The Bertz CT molecular complexity index is 1340. The average Bonchev–Trinajstić information content (AvgIpc) is 3.51. The number of benzene rings is 1. The monoisotopic (exact) mass is 492 g/mol. The van der Waals surface area contributed by atoms with Crippen molar-refractivity contribution in [2.24, 2.45) is 0 Å². The van der Waals surface area contributed by atoms with Crippen molar-refractivity contribution in [3.8, 4) is 22.9 Å². The molecular formula is C25H25ClN6O3. The number of imidazole rings is 1. The van der Waals surface area contributed by atoms with Crippen LogP contribution in [0.3, 0.4) is 0 Å². The summed E-state index contributed by atoms with van der Waals surface area (Å²) in [7, 11) is 1.60. The van der Waals surface area contributed by atoms with Crippen LogP contribution in [0.15, 0.2) is 55.0 Å². The predicted molar refractivity (Wildman–Crippen MR) is 134 cm³/mol. The number of anilines is 2. The highest BCUT2D eigenvalue weighted by Gasteiger charge is 2.24. The Morgan fingerprint density at radius 2 is 2.14 bits per heavy atom. The van der Waals surface area contributed by atoms with E-state index in [4.69, 9.17) is 21.1 Å². The highest BCUT2D eigenvalue weighted by atomic mass is 35.5. The molecule has 4 heterocycles. The van der Waals surface area contributed by atoms with E-state index in [9.17, 15) is 4.79 Å². The van der Waals surface area contributed by atoms with Crippen LogP contribution >= 0.6 is 11.6 Å². The quantitative estimate of drug-likeness (QED) is 0.347. The largest absolute Gasteiger partial charge is 0.494 e. The first-order valence-corrected chi connectivity index (χ1v) is 11.7. The highest BCUT2D eigenvalue weighted by molar-refractivity contribution is 6.32. The second kappa shape index (κ2) is 10.3. The Balaban J connectivity index is 1.34. The molecule has 0 bridgehead atoms. The van der Waals surface area contributed by atoms with Crippen LogP contribution in [0.4, 0.5) is 11.6 Å². The first-order chi connectivity index (χ1) is 17.2. The third-order valence-corrected chi connectivity index (χ3v) is 6.35. The lowest BCUT2D eigenvalue weighted by Crippen LogP contribution is -2.35. The number of rotatable bonds is 9. The zero-order valence-corrected chi connectivity index (χ0v) is 20.0. The molecule has 1 saturated heterocycles. The van der Waals surface area contributed by atoms with E-state index in [-0.39, 0.29) is 6.04 Å². The maximum atomic E-state index is 10.9. The summed E-state index contributed by atoms with van der Waals surface area (Å²) in [6.45, 7) is 1.89. The molecular weight excluding hydrogens is 468 g/mol. The summed E-state index contributed by atoms with van der Waals surface area (Å²) in [6, 6.07) is 11.6. The number of ether oxygens (including phenoxy) is 2. The molecule has 0 radical (unpaired) electrons. The second-order valence-corrected chi connectivity index (χ2v) is 8.63. The van der Waals surface area contributed by atoms with E-state index in [1.165, 1.54) is 0 Å². The van der Waals surface area contributed by atoms with Gasteiger partial charge in [-0.1, -0.05) is 17.7 Å². The number of methoxy groups -OCH3 is 1. The maximum Gasteiger partial charge on any atom is 0.227 e. The van der Waals surface area contributed by atoms with Gasteiger partial charge in [0.05, 0.1) is 42.5 Å². The Hall–Kier alpha value is -3.69. The minimum Gasteiger partial charge on any atom is -0.494 e. The number of aromatic nitrogens is 4. The molecule has 1 aromatic carbocycles. The molecule has 1 aliphatic heterocycles. The van der Waals surface area contributed by atoms with Crippen molar-refractivity contribution in [3.63, 3.8) is 0 Å². The number of nitrogens with one attached hydrogen (secondary N) is 1. The van der Waals surface area contributed by atoms with Crippen molar-refractivity contribution in [3.05, 3.63) is 60.0 Å². The van der Waals surface area contributed by atoms with E-state index >= 15 is 0 Å². The standard InChI is InChI=1S/C25H25ClN6O3/c1-34-22-13-18(35-16-17-5-4-9-31(17)11-12-33)7-8-20(22)29-25-28-14-19(26)24(30-25)21-15-27-23-6-2-3-10-32(21)23/h2-3,6-8,10,12-15,17H,4-5,9,11,16H2,1H3,(H,28,29,30)/t17-/m0/s1. The Labute approximate surface area is 207 Å². The van der Waals surface area contributed by atoms with E-state index in [1.807, 2.05) is 47.0 Å². The van der Waals surface area contributed by atoms with Gasteiger partial charge in [-0.15, -0.1) is 0 Å². The SMILES string of the molecule is COc1cc(OC[C@@H]2CCCN2CC=O)ccc1Nc1ncc(Cl)c(-c2cnc3ccccn23)n1. The molecule has 0 unspecified atom stereocenters. The molecule has 10 heteroatoms. The predicted octanol–water partition coefficient (Wildman–Crippen LogP) is 4.24. The van der Waals surface area contributed by atoms with E-state index in [0.717, 1.165) is 37.0 Å². The molecule has 9 nitrogen and oxygen atoms in total. The minimum absolute atomic E-state index is 0.240. The fourth-order valence-corrected chi connectivity index (χ4v) is 4.50. The molecule has 0 amide bonds. The molecule has 0 aliphatic carbocycles. The molecule has 3 aromatic heterocycles. The number of hydrogen-bond donors (Lipinski definition) is 1. The zero-order valence-electron chi connectivity index (χ0n) is 19.2. The number of aldehydes is 1. The van der Waals surface area contributed by atoms with Gasteiger partial charge in [0, 0.05) is 18.3 Å². The summed E-state index contributed by atoms with van der Waals surface area (Å²) in [6.07, 6.45) is 8.25. The lowest BCUT2D eigenvalue weighted by Gasteiger charge is -2.22. The number of hydrogen-bond acceptors (Lipinski definition) is 8. The number of likely N-dealkylation sites (tertiary alicyclic amines) is 1. The van der Waals surface area contributed by atoms with Gasteiger partial charge in [-0.3, -0.25) is 9.30 Å². The summed E-state index contributed by atoms with van der Waals surface area (Å²) in [5, 5.41) is 3.63. The Morgan fingerprint density at radius 3 is 3.00 bits per heavy atom. The summed E-state index contributed by atoms with van der Waals surface area (Å²) in [4.78, 5) is 26.4. The third-order valence-electron chi connectivity index (χ3n) is 6.07. The second-order valence-electron chi connectivity index (χ2n) is 8.22. The Morgan fingerprint density at radius 1 is 1.23 bits per heavy atom. The normalized spacial score (nSPS) is 15.9. The zero-order chi connectivity index (χ0) is 24.2. The van der Waals surface area contributed by atoms with Gasteiger partial charge in [-0.2, -0.15) is 0 Å². The molecule has 4 aromatic rings. The van der Waals surface area contributed by atoms with Crippen LogP contribution in [0.5, 0.6) is 11.5 Å². The Kier molecular flexibility index (Phi) is 6.78. The van der Waals surface area contributed by atoms with E-state index in [0.29, 0.717) is 47.0 Å². The molecule has 0 spiro atoms. The number of nitrogens with zero attached hydrogens (tertiary/aromatic N) is 5. The van der Waals surface area contributed by atoms with Crippen molar-refractivity contribution < 1.29 is 14.3 Å². The first kappa shape index (κ1) is 23.1. The number of carbonyl (C=O) groups is 1. The van der Waals surface area contributed by atoms with Crippen LogP contribution < -0.4 is 14.8 Å². The smallest absolute Gasteiger partial charge is 0.227 e. The van der Waals surface area contributed by atoms with Crippen LogP contribution in [0.25, 0.3) is 17.0 Å². The lowest BCUT2D eigenvalue weighted by molar-refractivity contribution is -0.109. The van der Waals surface area contributed by atoms with Crippen LogP contribution in [0.1, 0.15) is 12.8 Å². The van der Waals surface area contributed by atoms with Crippen molar-refractivity contribution >= 4 is 35.2 Å². The molecule has 0 saturated carbocycles. The number of fused-ring (bicyclic) bond motifs is 1. The van der Waals surface area contributed by atoms with Crippen molar-refractivity contribution in [1.29, 1.82) is 0 Å². The van der Waals surface area contributed by atoms with Crippen molar-refractivity contribution in [2.45, 2.75) is 18.9 Å². The van der Waals surface area contributed by atoms with Gasteiger partial charge in [-0.05, 0) is 43.7 Å². The number of carbonyl (C=O) groups excluding carboxylic acids is 1. The number of halogens is 1. The summed E-state index contributed by atoms with van der Waals surface area (Å²) in [5.41, 5.74) is 2.83. The molecule has 180 valence electrons. The molecule has 1 N–H and O–H groups in total. The average molecular weight is 493 g/mol. The molecule has 1 aliphatic rings. The van der Waals surface area contributed by atoms with E-state index < -0.39 is 0 Å². The van der Waals surface area contributed by atoms with Gasteiger partial charge in [-0.25, -0.2) is 15.0 Å². The van der Waals surface area contributed by atoms with Crippen molar-refractivity contribution in [1.82, 2.24) is 24.3 Å². The van der Waals surface area contributed by atoms with Gasteiger partial charge in [0.15, 0.2) is 0 Å². The van der Waals surface area contributed by atoms with Crippen LogP contribution in [0.2, 0.25) is 5.02 Å². The van der Waals surface area contributed by atoms with Crippen LogP contribution in [-0.4, -0.2) is 63.4 Å². The highest BCUT2D eigenvalue weighted by Crippen LogP contribution is 2.33. The maximum absolute atomic E-state index is 10.9. The summed E-state index contributed by atoms with van der Waals surface area (Å²) < 4.78 is 13.5. The van der Waals surface area contributed by atoms with Gasteiger partial charge in [0.25, 0.3) is 0 Å². The van der Waals surface area contributed by atoms with Gasteiger partial charge in [0.2, 0.25) is 5.95 Å². The fourth-order valence-electron chi connectivity index (χ4n) is 4.31. The topological polar surface area (TPSA) is 93.9 Å². The third kappa shape index (κ3) is 4.91. The van der Waals surface area contributed by atoms with Crippen LogP contribution in [-0.2, 0) is 4.79 Å². The lowest BCUT2D eigenvalue weighted by atomic mass is 10.2. The fraction of sp³-hybridized carbons (Fsp3) is 0.280. The minimum atomic E-state index is 0.240. The van der Waals surface area contributed by atoms with Crippen molar-refractivity contribution in [2.75, 3.05) is 32.1 Å². The molecule has 1 fully saturated rings. The first-order valence-electron chi connectivity index (χ1n) is 11.4. The summed E-state index contributed by atoms with van der Waals surface area (Å²) in [5.74, 6) is 1.65. The molecule has 1 atom stereocenters. The molecule has 5 rings (SSSR count). The van der Waals surface area contributed by atoms with Gasteiger partial charge >= 0.3 is 0 Å². The van der Waals surface area contributed by atoms with Gasteiger partial charge in [0.1, 0.15) is 35.7 Å². The number of pyridine rings is 1. The van der Waals surface area contributed by atoms with Gasteiger partial charge < -0.3 is 19.6 Å².